The van der Waals surface area contributed by atoms with Crippen LogP contribution in [0.25, 0.3) is 0 Å². The van der Waals surface area contributed by atoms with Gasteiger partial charge in [0, 0.05) is 24.2 Å². The molecule has 1 atom stereocenters. The van der Waals surface area contributed by atoms with Gasteiger partial charge in [0.1, 0.15) is 5.82 Å². The number of halogens is 1. The van der Waals surface area contributed by atoms with Crippen molar-refractivity contribution in [2.45, 2.75) is 26.4 Å². The van der Waals surface area contributed by atoms with E-state index in [0.717, 1.165) is 11.1 Å². The quantitative estimate of drug-likeness (QED) is 0.670. The van der Waals surface area contributed by atoms with Gasteiger partial charge in [-0.3, -0.25) is 10.1 Å². The van der Waals surface area contributed by atoms with Gasteiger partial charge in [-0.05, 0) is 37.1 Å². The third kappa shape index (κ3) is 3.64. The Hall–Kier alpha value is -2.27. The molecule has 0 heterocycles. The van der Waals surface area contributed by atoms with Gasteiger partial charge in [0.05, 0.1) is 4.92 Å². The molecule has 0 amide bonds. The van der Waals surface area contributed by atoms with E-state index in [0.29, 0.717) is 12.1 Å². The van der Waals surface area contributed by atoms with Crippen LogP contribution in [0.4, 0.5) is 10.1 Å². The fourth-order valence-electron chi connectivity index (χ4n) is 2.22. The Morgan fingerprint density at radius 2 is 2.00 bits per heavy atom. The van der Waals surface area contributed by atoms with E-state index in [-0.39, 0.29) is 22.5 Å². The van der Waals surface area contributed by atoms with Crippen molar-refractivity contribution in [3.05, 3.63) is 75.1 Å². The number of benzene rings is 2. The first-order valence-corrected chi connectivity index (χ1v) is 6.70. The van der Waals surface area contributed by atoms with Gasteiger partial charge in [-0.2, -0.15) is 0 Å². The third-order valence-corrected chi connectivity index (χ3v) is 3.56. The lowest BCUT2D eigenvalue weighted by Crippen LogP contribution is -2.19. The Morgan fingerprint density at radius 1 is 1.29 bits per heavy atom. The number of nitro benzene ring substituents is 1. The minimum Gasteiger partial charge on any atom is -0.306 e. The van der Waals surface area contributed by atoms with Crippen LogP contribution in [0, 0.1) is 22.9 Å². The van der Waals surface area contributed by atoms with Crippen molar-refractivity contribution in [2.75, 3.05) is 0 Å². The van der Waals surface area contributed by atoms with E-state index in [9.17, 15) is 14.5 Å². The molecule has 0 aliphatic heterocycles. The Morgan fingerprint density at radius 3 is 2.67 bits per heavy atom. The second kappa shape index (κ2) is 6.45. The zero-order valence-electron chi connectivity index (χ0n) is 12.0. The van der Waals surface area contributed by atoms with Crippen molar-refractivity contribution >= 4 is 5.69 Å². The summed E-state index contributed by atoms with van der Waals surface area (Å²) in [6.45, 7) is 4.16. The van der Waals surface area contributed by atoms with Crippen LogP contribution in [0.3, 0.4) is 0 Å². The van der Waals surface area contributed by atoms with Crippen molar-refractivity contribution in [3.8, 4) is 0 Å². The average molecular weight is 288 g/mol. The van der Waals surface area contributed by atoms with Crippen molar-refractivity contribution in [1.29, 1.82) is 0 Å². The number of rotatable bonds is 5. The number of nitrogens with one attached hydrogen (secondary N) is 1. The van der Waals surface area contributed by atoms with Crippen LogP contribution in [-0.4, -0.2) is 4.92 Å². The van der Waals surface area contributed by atoms with Gasteiger partial charge in [0.2, 0.25) is 0 Å². The zero-order chi connectivity index (χ0) is 15.4. The fourth-order valence-corrected chi connectivity index (χ4v) is 2.22. The normalized spacial score (nSPS) is 12.1. The maximum Gasteiger partial charge on any atom is 0.272 e. The highest BCUT2D eigenvalue weighted by Gasteiger charge is 2.13. The smallest absolute Gasteiger partial charge is 0.272 e. The molecule has 0 aliphatic rings. The molecule has 0 saturated carbocycles. The zero-order valence-corrected chi connectivity index (χ0v) is 12.0. The molecule has 2 rings (SSSR count). The molecule has 0 spiro atoms. The molecular weight excluding hydrogens is 271 g/mol. The maximum absolute atomic E-state index is 13.2. The molecule has 110 valence electrons. The van der Waals surface area contributed by atoms with Crippen LogP contribution >= 0.6 is 0 Å². The van der Waals surface area contributed by atoms with E-state index in [2.05, 4.69) is 5.32 Å². The summed E-state index contributed by atoms with van der Waals surface area (Å²) in [7, 11) is 0. The van der Waals surface area contributed by atoms with Crippen LogP contribution < -0.4 is 5.32 Å². The van der Waals surface area contributed by atoms with Gasteiger partial charge < -0.3 is 5.32 Å². The van der Waals surface area contributed by atoms with Crippen LogP contribution in [0.15, 0.2) is 42.5 Å². The molecule has 0 aliphatic carbocycles. The molecule has 0 fully saturated rings. The number of nitro groups is 1. The molecule has 2 aromatic carbocycles. The van der Waals surface area contributed by atoms with E-state index < -0.39 is 0 Å². The van der Waals surface area contributed by atoms with E-state index in [1.54, 1.807) is 19.1 Å². The summed E-state index contributed by atoms with van der Waals surface area (Å²) in [5.74, 6) is -0.271. The number of nitrogens with zero attached hydrogens (tertiary/aromatic N) is 1. The predicted molar refractivity (Wildman–Crippen MR) is 79.5 cm³/mol. The molecule has 0 radical (unpaired) electrons. The monoisotopic (exact) mass is 288 g/mol. The second-order valence-corrected chi connectivity index (χ2v) is 4.98. The molecule has 1 N–H and O–H groups in total. The number of hydrogen-bond acceptors (Lipinski definition) is 3. The second-order valence-electron chi connectivity index (χ2n) is 4.98. The lowest BCUT2D eigenvalue weighted by molar-refractivity contribution is -0.385. The van der Waals surface area contributed by atoms with E-state index in [1.807, 2.05) is 19.1 Å². The SMILES string of the molecule is Cc1c(CN[C@@H](C)c2cccc(F)c2)cccc1[N+](=O)[O-]. The van der Waals surface area contributed by atoms with Gasteiger partial charge in [-0.15, -0.1) is 0 Å². The standard InChI is InChI=1S/C16H17FN2O2/c1-11-14(6-4-8-16(11)19(20)21)10-18-12(2)13-5-3-7-15(17)9-13/h3-9,12,18H,10H2,1-2H3/t12-/m0/s1. The lowest BCUT2D eigenvalue weighted by atomic mass is 10.0. The first kappa shape index (κ1) is 15.1. The van der Waals surface area contributed by atoms with Gasteiger partial charge in [0.15, 0.2) is 0 Å². The van der Waals surface area contributed by atoms with Crippen molar-refractivity contribution in [1.82, 2.24) is 5.32 Å². The summed E-state index contributed by atoms with van der Waals surface area (Å²) in [5, 5.41) is 14.2. The van der Waals surface area contributed by atoms with Crippen molar-refractivity contribution in [2.24, 2.45) is 0 Å². The molecule has 5 heteroatoms. The summed E-state index contributed by atoms with van der Waals surface area (Å²) in [6, 6.07) is 11.4. The molecule has 0 bridgehead atoms. The molecule has 4 nitrogen and oxygen atoms in total. The summed E-state index contributed by atoms with van der Waals surface area (Å²) in [5.41, 5.74) is 2.49. The summed E-state index contributed by atoms with van der Waals surface area (Å²) >= 11 is 0. The van der Waals surface area contributed by atoms with Crippen LogP contribution in [0.2, 0.25) is 0 Å². The Kier molecular flexibility index (Phi) is 4.65. The Bertz CT molecular complexity index is 658. The average Bonchev–Trinajstić information content (AvgIpc) is 2.45. The maximum atomic E-state index is 13.2. The molecule has 0 unspecified atom stereocenters. The first-order chi connectivity index (χ1) is 9.99. The molecule has 21 heavy (non-hydrogen) atoms. The van der Waals surface area contributed by atoms with Gasteiger partial charge in [-0.25, -0.2) is 4.39 Å². The van der Waals surface area contributed by atoms with Gasteiger partial charge >= 0.3 is 0 Å². The molecule has 2 aromatic rings. The van der Waals surface area contributed by atoms with Crippen LogP contribution in [-0.2, 0) is 6.54 Å². The highest BCUT2D eigenvalue weighted by atomic mass is 19.1. The van der Waals surface area contributed by atoms with E-state index >= 15 is 0 Å². The third-order valence-electron chi connectivity index (χ3n) is 3.56. The minimum absolute atomic E-state index is 0.0423. The Balaban J connectivity index is 2.10. The van der Waals surface area contributed by atoms with Crippen LogP contribution in [0.1, 0.15) is 29.7 Å². The summed E-state index contributed by atoms with van der Waals surface area (Å²) < 4.78 is 13.2. The van der Waals surface area contributed by atoms with Crippen molar-refractivity contribution < 1.29 is 9.31 Å². The molecule has 0 aromatic heterocycles. The van der Waals surface area contributed by atoms with E-state index in [4.69, 9.17) is 0 Å². The van der Waals surface area contributed by atoms with Gasteiger partial charge in [0.25, 0.3) is 5.69 Å². The lowest BCUT2D eigenvalue weighted by Gasteiger charge is -2.15. The first-order valence-electron chi connectivity index (χ1n) is 6.70. The Labute approximate surface area is 122 Å². The minimum atomic E-state index is -0.380. The summed E-state index contributed by atoms with van der Waals surface area (Å²) in [6.07, 6.45) is 0. The summed E-state index contributed by atoms with van der Waals surface area (Å²) in [4.78, 5) is 10.5. The van der Waals surface area contributed by atoms with E-state index in [1.165, 1.54) is 18.2 Å². The largest absolute Gasteiger partial charge is 0.306 e. The highest BCUT2D eigenvalue weighted by molar-refractivity contribution is 5.44. The van der Waals surface area contributed by atoms with Gasteiger partial charge in [-0.1, -0.05) is 24.3 Å². The molecule has 0 saturated heterocycles. The predicted octanol–water partition coefficient (Wildman–Crippen LogP) is 3.89. The highest BCUT2D eigenvalue weighted by Crippen LogP contribution is 2.22. The molecular formula is C16H17FN2O2. The topological polar surface area (TPSA) is 55.2 Å². The fraction of sp³-hybridized carbons (Fsp3) is 0.250. The van der Waals surface area contributed by atoms with Crippen molar-refractivity contribution in [3.63, 3.8) is 0 Å². The number of hydrogen-bond donors (Lipinski definition) is 1. The van der Waals surface area contributed by atoms with Crippen LogP contribution in [0.5, 0.6) is 0 Å².